The lowest BCUT2D eigenvalue weighted by Gasteiger charge is -2.48. The molecule has 17 atom stereocenters. The van der Waals surface area contributed by atoms with E-state index >= 15 is 0 Å². The van der Waals surface area contributed by atoms with Gasteiger partial charge in [0.05, 0.1) is 38.6 Å². The molecule has 19 nitrogen and oxygen atoms in total. The minimum atomic E-state index is -1.98. The Morgan fingerprint density at radius 2 is 0.919 bits per heavy atom. The summed E-state index contributed by atoms with van der Waals surface area (Å²) in [5.41, 5.74) is 0. The van der Waals surface area contributed by atoms with Crippen molar-refractivity contribution in [3.8, 4) is 0 Å². The lowest BCUT2D eigenvalue weighted by molar-refractivity contribution is -0.379. The molecule has 0 aromatic carbocycles. The number of carbonyl (C=O) groups is 1. The molecule has 0 radical (unpaired) electrons. The first-order valence-electron chi connectivity index (χ1n) is 26.8. The summed E-state index contributed by atoms with van der Waals surface area (Å²) in [6, 6.07) is -0.919. The number of hydrogen-bond acceptors (Lipinski definition) is 18. The number of aliphatic hydroxyl groups is 11. The van der Waals surface area contributed by atoms with Crippen LogP contribution >= 0.6 is 0 Å². The summed E-state index contributed by atoms with van der Waals surface area (Å²) in [6.45, 7) is 1.50. The molecule has 3 aliphatic heterocycles. The van der Waals surface area contributed by atoms with Gasteiger partial charge in [-0.05, 0) is 64.2 Å². The van der Waals surface area contributed by atoms with Crippen molar-refractivity contribution in [2.45, 2.75) is 227 Å². The van der Waals surface area contributed by atoms with E-state index in [4.69, 9.17) is 28.4 Å². The molecule has 3 fully saturated rings. The minimum Gasteiger partial charge on any atom is -0.394 e. The average Bonchev–Trinajstić information content (AvgIpc) is 3.40. The Balaban J connectivity index is 1.48. The summed E-state index contributed by atoms with van der Waals surface area (Å²) >= 11 is 0. The normalized spacial score (nSPS) is 32.1. The summed E-state index contributed by atoms with van der Waals surface area (Å²) < 4.78 is 34.0. The van der Waals surface area contributed by atoms with Gasteiger partial charge in [-0.15, -0.1) is 0 Å². The molecule has 3 heterocycles. The SMILES string of the molecule is CC/C=C\C/C=C\C/C=C\C/C=C\C/C=C\C/C=C\C/C=C\CCCC(=O)NC(COC1OC(CO)C(OC2OC(CO)C(OC3OC(CO)C(O)C(O)C3O)C(O)C2O)C(O)C1O)C(O)CCCCCCCC. The van der Waals surface area contributed by atoms with Crippen LogP contribution in [0.3, 0.4) is 0 Å². The number of rotatable bonds is 36. The van der Waals surface area contributed by atoms with Crippen molar-refractivity contribution in [2.75, 3.05) is 26.4 Å². The lowest BCUT2D eigenvalue weighted by Crippen LogP contribution is -2.66. The Labute approximate surface area is 438 Å². The molecule has 0 bridgehead atoms. The number of allylic oxidation sites excluding steroid dienone is 14. The molecule has 3 rings (SSSR count). The molecule has 17 unspecified atom stereocenters. The number of hydrogen-bond donors (Lipinski definition) is 12. The van der Waals surface area contributed by atoms with Crippen molar-refractivity contribution in [1.82, 2.24) is 5.32 Å². The second kappa shape index (κ2) is 38.5. The topological polar surface area (TPSA) is 307 Å². The highest BCUT2D eigenvalue weighted by Crippen LogP contribution is 2.33. The largest absolute Gasteiger partial charge is 0.394 e. The fourth-order valence-corrected chi connectivity index (χ4v) is 8.53. The van der Waals surface area contributed by atoms with Gasteiger partial charge in [0.1, 0.15) is 73.2 Å². The monoisotopic (exact) mass is 1050 g/mol. The summed E-state index contributed by atoms with van der Waals surface area (Å²) in [5, 5.41) is 119. The van der Waals surface area contributed by atoms with Gasteiger partial charge < -0.3 is 89.9 Å². The van der Waals surface area contributed by atoms with Crippen LogP contribution in [-0.4, -0.2) is 193 Å². The molecule has 74 heavy (non-hydrogen) atoms. The van der Waals surface area contributed by atoms with E-state index in [2.05, 4.69) is 98.2 Å². The first-order valence-corrected chi connectivity index (χ1v) is 26.8. The molecule has 0 spiro atoms. The molecule has 3 saturated heterocycles. The van der Waals surface area contributed by atoms with Gasteiger partial charge >= 0.3 is 0 Å². The number of nitrogens with one attached hydrogen (secondary N) is 1. The second-order valence-corrected chi connectivity index (χ2v) is 19.0. The average molecular weight is 1050 g/mol. The highest BCUT2D eigenvalue weighted by Gasteiger charge is 2.53. The highest BCUT2D eigenvalue weighted by molar-refractivity contribution is 5.76. The van der Waals surface area contributed by atoms with Gasteiger partial charge in [0.15, 0.2) is 18.9 Å². The maximum atomic E-state index is 13.2. The first kappa shape index (κ1) is 65.3. The molecule has 1 amide bonds. The van der Waals surface area contributed by atoms with Gasteiger partial charge in [0, 0.05) is 6.42 Å². The fraction of sp³-hybridized carbons (Fsp3) is 0.727. The number of aliphatic hydroxyl groups excluding tert-OH is 11. The van der Waals surface area contributed by atoms with Crippen LogP contribution in [0.2, 0.25) is 0 Å². The van der Waals surface area contributed by atoms with Crippen molar-refractivity contribution in [2.24, 2.45) is 0 Å². The zero-order valence-corrected chi connectivity index (χ0v) is 43.5. The quantitative estimate of drug-likeness (QED) is 0.0317. The van der Waals surface area contributed by atoms with E-state index in [1.54, 1.807) is 0 Å². The number of unbranched alkanes of at least 4 members (excludes halogenated alkanes) is 6. The van der Waals surface area contributed by atoms with Crippen molar-refractivity contribution >= 4 is 5.91 Å². The van der Waals surface area contributed by atoms with E-state index in [0.717, 1.165) is 77.0 Å². The van der Waals surface area contributed by atoms with Crippen LogP contribution in [0.5, 0.6) is 0 Å². The third kappa shape index (κ3) is 23.3. The third-order valence-electron chi connectivity index (χ3n) is 13.0. The molecular weight excluding hydrogens is 963 g/mol. The minimum absolute atomic E-state index is 0.179. The van der Waals surface area contributed by atoms with E-state index in [9.17, 15) is 61.0 Å². The molecule has 0 aromatic heterocycles. The predicted octanol–water partition coefficient (Wildman–Crippen LogP) is 2.86. The van der Waals surface area contributed by atoms with E-state index in [1.165, 1.54) is 0 Å². The number of ether oxygens (including phenoxy) is 6. The maximum absolute atomic E-state index is 13.2. The van der Waals surface area contributed by atoms with Crippen LogP contribution in [0.1, 0.15) is 123 Å². The van der Waals surface area contributed by atoms with Crippen LogP contribution in [0.15, 0.2) is 85.1 Å². The molecule has 19 heteroatoms. The molecule has 424 valence electrons. The summed E-state index contributed by atoms with van der Waals surface area (Å²) in [4.78, 5) is 13.2. The Hall–Kier alpha value is -3.03. The smallest absolute Gasteiger partial charge is 0.220 e. The molecular formula is C55H91NO18. The molecule has 3 aliphatic rings. The molecule has 0 saturated carbocycles. The molecule has 0 aliphatic carbocycles. The Kier molecular flexibility index (Phi) is 34.0. The summed E-state index contributed by atoms with van der Waals surface area (Å²) in [5.74, 6) is -0.312. The van der Waals surface area contributed by atoms with Gasteiger partial charge in [0.25, 0.3) is 0 Å². The molecule has 12 N–H and O–H groups in total. The fourth-order valence-electron chi connectivity index (χ4n) is 8.53. The van der Waals surface area contributed by atoms with Gasteiger partial charge in [0.2, 0.25) is 5.91 Å². The zero-order chi connectivity index (χ0) is 54.1. The zero-order valence-electron chi connectivity index (χ0n) is 43.5. The Morgan fingerprint density at radius 1 is 0.500 bits per heavy atom. The van der Waals surface area contributed by atoms with Gasteiger partial charge in [-0.2, -0.15) is 0 Å². The van der Waals surface area contributed by atoms with Gasteiger partial charge in [-0.25, -0.2) is 0 Å². The second-order valence-electron chi connectivity index (χ2n) is 19.0. The maximum Gasteiger partial charge on any atom is 0.220 e. The van der Waals surface area contributed by atoms with Crippen LogP contribution in [0.4, 0.5) is 0 Å². The van der Waals surface area contributed by atoms with Crippen molar-refractivity contribution in [3.63, 3.8) is 0 Å². The summed E-state index contributed by atoms with van der Waals surface area (Å²) in [7, 11) is 0. The van der Waals surface area contributed by atoms with Crippen LogP contribution < -0.4 is 5.32 Å². The standard InChI is InChI=1S/C55H91NO18/c1-3-5-7-9-11-12-13-14-15-16-17-18-19-20-21-22-23-24-25-26-27-29-31-33-43(61)56-38(39(60)32-30-28-10-8-6-4-2)37-69-53-49(67)46(64)51(41(35-58)71-53)74-55-50(68)47(65)52(42(36-59)72-55)73-54-48(66)45(63)44(62)40(34-57)70-54/h5,7,11-12,14-15,17-18,20-21,23-24,26-27,38-42,44-55,57-60,62-68H,3-4,6,8-10,13,16,19,22,25,28-37H2,1-2H3,(H,56,61)/b7-5-,12-11-,15-14-,18-17-,21-20-,24-23-,27-26-. The first-order chi connectivity index (χ1) is 35.8. The lowest BCUT2D eigenvalue weighted by atomic mass is 9.96. The van der Waals surface area contributed by atoms with Crippen molar-refractivity contribution in [1.29, 1.82) is 0 Å². The predicted molar refractivity (Wildman–Crippen MR) is 277 cm³/mol. The van der Waals surface area contributed by atoms with Crippen molar-refractivity contribution < 1.29 is 89.4 Å². The van der Waals surface area contributed by atoms with E-state index in [0.29, 0.717) is 25.7 Å². The van der Waals surface area contributed by atoms with Crippen LogP contribution in [0.25, 0.3) is 0 Å². The van der Waals surface area contributed by atoms with Crippen LogP contribution in [0, 0.1) is 0 Å². The Morgan fingerprint density at radius 3 is 1.41 bits per heavy atom. The highest BCUT2D eigenvalue weighted by atomic mass is 16.8. The van der Waals surface area contributed by atoms with E-state index in [-0.39, 0.29) is 18.9 Å². The van der Waals surface area contributed by atoms with Crippen molar-refractivity contribution in [3.05, 3.63) is 85.1 Å². The molecule has 0 aromatic rings. The van der Waals surface area contributed by atoms with Crippen LogP contribution in [-0.2, 0) is 33.2 Å². The van der Waals surface area contributed by atoms with Gasteiger partial charge in [-0.1, -0.05) is 137 Å². The summed E-state index contributed by atoms with van der Waals surface area (Å²) in [6.07, 6.45) is 17.4. The Bertz CT molecular complexity index is 1690. The van der Waals surface area contributed by atoms with E-state index in [1.807, 2.05) is 6.08 Å². The number of carbonyl (C=O) groups excluding carboxylic acids is 1. The number of amides is 1. The third-order valence-corrected chi connectivity index (χ3v) is 13.0. The van der Waals surface area contributed by atoms with E-state index < -0.39 is 124 Å². The van der Waals surface area contributed by atoms with Gasteiger partial charge in [-0.3, -0.25) is 4.79 Å².